The van der Waals surface area contributed by atoms with Crippen LogP contribution in [0.15, 0.2) is 18.2 Å². The maximum absolute atomic E-state index is 11.9. The summed E-state index contributed by atoms with van der Waals surface area (Å²) < 4.78 is 0. The lowest BCUT2D eigenvalue weighted by atomic mass is 10.0. The van der Waals surface area contributed by atoms with Crippen LogP contribution in [0.5, 0.6) is 0 Å². The largest absolute Gasteiger partial charge is 0.347 e. The highest BCUT2D eigenvalue weighted by molar-refractivity contribution is 5.95. The number of para-hydroxylation sites is 1. The average molecular weight is 276 g/mol. The van der Waals surface area contributed by atoms with Crippen molar-refractivity contribution >= 4 is 17.5 Å². The van der Waals surface area contributed by atoms with Crippen molar-refractivity contribution in [3.05, 3.63) is 29.3 Å². The summed E-state index contributed by atoms with van der Waals surface area (Å²) in [5.74, 6) is -0.253. The number of anilines is 1. The van der Waals surface area contributed by atoms with Crippen LogP contribution in [0.2, 0.25) is 0 Å². The van der Waals surface area contributed by atoms with E-state index < -0.39 is 0 Å². The molecule has 0 aliphatic heterocycles. The van der Waals surface area contributed by atoms with Crippen molar-refractivity contribution in [2.24, 2.45) is 5.92 Å². The van der Waals surface area contributed by atoms with Crippen LogP contribution in [0.1, 0.15) is 37.8 Å². The summed E-state index contributed by atoms with van der Waals surface area (Å²) >= 11 is 0. The first-order valence-electron chi connectivity index (χ1n) is 7.13. The van der Waals surface area contributed by atoms with E-state index in [1.165, 1.54) is 0 Å². The molecule has 2 N–H and O–H groups in total. The Morgan fingerprint density at radius 3 is 2.15 bits per heavy atom. The van der Waals surface area contributed by atoms with Crippen LogP contribution in [-0.2, 0) is 9.59 Å². The number of hydrogen-bond donors (Lipinski definition) is 2. The fraction of sp³-hybridized carbons (Fsp3) is 0.500. The lowest BCUT2D eigenvalue weighted by Crippen LogP contribution is -2.36. The van der Waals surface area contributed by atoms with E-state index in [-0.39, 0.29) is 24.3 Å². The molecule has 4 nitrogen and oxygen atoms in total. The Morgan fingerprint density at radius 2 is 1.65 bits per heavy atom. The van der Waals surface area contributed by atoms with Gasteiger partial charge in [0.15, 0.2) is 0 Å². The Bertz CT molecular complexity index is 459. The molecule has 0 unspecified atom stereocenters. The van der Waals surface area contributed by atoms with Gasteiger partial charge in [-0.05, 0) is 37.8 Å². The zero-order chi connectivity index (χ0) is 15.1. The molecule has 0 heterocycles. The molecule has 0 saturated heterocycles. The zero-order valence-electron chi connectivity index (χ0n) is 12.7. The van der Waals surface area contributed by atoms with Gasteiger partial charge in [0, 0.05) is 11.6 Å². The van der Waals surface area contributed by atoms with E-state index in [9.17, 15) is 9.59 Å². The van der Waals surface area contributed by atoms with Crippen molar-refractivity contribution in [1.82, 2.24) is 5.32 Å². The Labute approximate surface area is 121 Å². The highest BCUT2D eigenvalue weighted by Gasteiger charge is 2.15. The molecular weight excluding hydrogens is 252 g/mol. The minimum atomic E-state index is -0.193. The van der Waals surface area contributed by atoms with E-state index in [1.54, 1.807) is 0 Å². The second-order valence-electron chi connectivity index (χ2n) is 5.05. The van der Waals surface area contributed by atoms with Crippen LogP contribution in [0.25, 0.3) is 0 Å². The van der Waals surface area contributed by atoms with E-state index in [2.05, 4.69) is 10.6 Å². The zero-order valence-corrected chi connectivity index (χ0v) is 12.7. The van der Waals surface area contributed by atoms with Crippen molar-refractivity contribution in [1.29, 1.82) is 0 Å². The fourth-order valence-electron chi connectivity index (χ4n) is 2.17. The van der Waals surface area contributed by atoms with Gasteiger partial charge in [-0.1, -0.05) is 32.0 Å². The minimum absolute atomic E-state index is 0.0111. The van der Waals surface area contributed by atoms with Crippen LogP contribution in [0.4, 0.5) is 5.69 Å². The van der Waals surface area contributed by atoms with Gasteiger partial charge < -0.3 is 10.6 Å². The number of carbonyl (C=O) groups excluding carboxylic acids is 2. The van der Waals surface area contributed by atoms with E-state index in [1.807, 2.05) is 45.9 Å². The number of rotatable bonds is 6. The van der Waals surface area contributed by atoms with Crippen molar-refractivity contribution in [3.63, 3.8) is 0 Å². The number of amides is 2. The summed E-state index contributed by atoms with van der Waals surface area (Å²) in [6.45, 7) is 7.87. The molecule has 4 heteroatoms. The smallest absolute Gasteiger partial charge is 0.243 e. The average Bonchev–Trinajstić information content (AvgIpc) is 2.42. The topological polar surface area (TPSA) is 58.2 Å². The predicted octanol–water partition coefficient (Wildman–Crippen LogP) is 2.79. The maximum atomic E-state index is 11.9. The van der Waals surface area contributed by atoms with Gasteiger partial charge in [0.2, 0.25) is 11.8 Å². The minimum Gasteiger partial charge on any atom is -0.347 e. The van der Waals surface area contributed by atoms with Gasteiger partial charge in [0.25, 0.3) is 0 Å². The number of hydrogen-bond acceptors (Lipinski definition) is 2. The lowest BCUT2D eigenvalue weighted by Gasteiger charge is -2.14. The molecule has 2 amide bonds. The van der Waals surface area contributed by atoms with Gasteiger partial charge in [-0.2, -0.15) is 0 Å². The van der Waals surface area contributed by atoms with Crippen LogP contribution in [0, 0.1) is 19.8 Å². The molecule has 0 spiro atoms. The van der Waals surface area contributed by atoms with E-state index >= 15 is 0 Å². The highest BCUT2D eigenvalue weighted by atomic mass is 16.2. The van der Waals surface area contributed by atoms with E-state index in [0.717, 1.165) is 29.7 Å². The van der Waals surface area contributed by atoms with Gasteiger partial charge in [-0.3, -0.25) is 9.59 Å². The summed E-state index contributed by atoms with van der Waals surface area (Å²) in [6, 6.07) is 5.85. The number of carbonyl (C=O) groups is 2. The summed E-state index contributed by atoms with van der Waals surface area (Å²) in [5, 5.41) is 5.55. The molecule has 0 aliphatic rings. The third kappa shape index (κ3) is 4.37. The lowest BCUT2D eigenvalue weighted by molar-refractivity contribution is -0.127. The van der Waals surface area contributed by atoms with Crippen LogP contribution < -0.4 is 10.6 Å². The Morgan fingerprint density at radius 1 is 1.10 bits per heavy atom. The van der Waals surface area contributed by atoms with Crippen molar-refractivity contribution in [3.8, 4) is 0 Å². The first-order valence-corrected chi connectivity index (χ1v) is 7.13. The molecule has 0 atom stereocenters. The summed E-state index contributed by atoms with van der Waals surface area (Å²) in [5.41, 5.74) is 2.86. The second-order valence-corrected chi connectivity index (χ2v) is 5.05. The number of benzene rings is 1. The number of nitrogens with one attached hydrogen (secondary N) is 2. The molecule has 0 aromatic heterocycles. The third-order valence-corrected chi connectivity index (χ3v) is 3.53. The summed E-state index contributed by atoms with van der Waals surface area (Å²) in [7, 11) is 0. The Kier molecular flexibility index (Phi) is 6.22. The van der Waals surface area contributed by atoms with Gasteiger partial charge in [0.1, 0.15) is 0 Å². The number of aryl methyl sites for hydroxylation is 2. The molecule has 0 fully saturated rings. The quantitative estimate of drug-likeness (QED) is 0.839. The Hall–Kier alpha value is -1.84. The fourth-order valence-corrected chi connectivity index (χ4v) is 2.17. The molecule has 1 aromatic rings. The maximum Gasteiger partial charge on any atom is 0.243 e. The highest BCUT2D eigenvalue weighted by Crippen LogP contribution is 2.19. The first-order chi connectivity index (χ1) is 9.49. The van der Waals surface area contributed by atoms with Gasteiger partial charge >= 0.3 is 0 Å². The summed E-state index contributed by atoms with van der Waals surface area (Å²) in [4.78, 5) is 23.7. The van der Waals surface area contributed by atoms with Crippen LogP contribution in [-0.4, -0.2) is 18.4 Å². The molecular formula is C16H24N2O2. The molecule has 0 aliphatic carbocycles. The normalized spacial score (nSPS) is 10.4. The van der Waals surface area contributed by atoms with Crippen molar-refractivity contribution in [2.45, 2.75) is 40.5 Å². The molecule has 1 aromatic carbocycles. The molecule has 0 bridgehead atoms. The SMILES string of the molecule is CCC(CC)C(=O)NCC(=O)Nc1c(C)cccc1C. The third-order valence-electron chi connectivity index (χ3n) is 3.53. The second kappa shape index (κ2) is 7.68. The van der Waals surface area contributed by atoms with E-state index in [4.69, 9.17) is 0 Å². The van der Waals surface area contributed by atoms with Gasteiger partial charge in [-0.25, -0.2) is 0 Å². The predicted molar refractivity (Wildman–Crippen MR) is 81.6 cm³/mol. The monoisotopic (exact) mass is 276 g/mol. The first kappa shape index (κ1) is 16.2. The summed E-state index contributed by atoms with van der Waals surface area (Å²) in [6.07, 6.45) is 1.59. The van der Waals surface area contributed by atoms with E-state index in [0.29, 0.717) is 0 Å². The standard InChI is InChI=1S/C16H24N2O2/c1-5-13(6-2)16(20)17-10-14(19)18-15-11(3)8-7-9-12(15)4/h7-9,13H,5-6,10H2,1-4H3,(H,17,20)(H,18,19). The van der Waals surface area contributed by atoms with Crippen molar-refractivity contribution < 1.29 is 9.59 Å². The van der Waals surface area contributed by atoms with Crippen LogP contribution >= 0.6 is 0 Å². The molecule has 110 valence electrons. The molecule has 0 radical (unpaired) electrons. The van der Waals surface area contributed by atoms with Gasteiger partial charge in [-0.15, -0.1) is 0 Å². The van der Waals surface area contributed by atoms with Gasteiger partial charge in [0.05, 0.1) is 6.54 Å². The van der Waals surface area contributed by atoms with Crippen LogP contribution in [0.3, 0.4) is 0 Å². The van der Waals surface area contributed by atoms with Crippen molar-refractivity contribution in [2.75, 3.05) is 11.9 Å². The molecule has 0 saturated carbocycles. The molecule has 1 rings (SSSR count). The Balaban J connectivity index is 2.55. The molecule has 20 heavy (non-hydrogen) atoms.